The van der Waals surface area contributed by atoms with Crippen molar-refractivity contribution < 1.29 is 8.42 Å². The minimum absolute atomic E-state index is 0.208. The first-order valence-electron chi connectivity index (χ1n) is 6.50. The van der Waals surface area contributed by atoms with Crippen molar-refractivity contribution in [2.24, 2.45) is 0 Å². The summed E-state index contributed by atoms with van der Waals surface area (Å²) in [6.45, 7) is 3.75. The number of nitrogens with zero attached hydrogens (tertiary/aromatic N) is 1. The first-order valence-corrected chi connectivity index (χ1v) is 7.98. The normalized spacial score (nSPS) is 11.7. The third kappa shape index (κ3) is 2.75. The van der Waals surface area contributed by atoms with Gasteiger partial charge < -0.3 is 4.98 Å². The van der Waals surface area contributed by atoms with Gasteiger partial charge in [0.25, 0.3) is 10.0 Å². The largest absolute Gasteiger partial charge is 0.342 e. The van der Waals surface area contributed by atoms with Crippen molar-refractivity contribution in [2.75, 3.05) is 4.72 Å². The van der Waals surface area contributed by atoms with Crippen LogP contribution in [0, 0.1) is 13.8 Å². The summed E-state index contributed by atoms with van der Waals surface area (Å²) in [6.07, 6.45) is 0. The number of sulfonamides is 1. The highest BCUT2D eigenvalue weighted by molar-refractivity contribution is 7.92. The second-order valence-electron chi connectivity index (χ2n) is 4.98. The minimum atomic E-state index is -3.61. The van der Waals surface area contributed by atoms with Gasteiger partial charge in [0.1, 0.15) is 5.82 Å². The highest BCUT2D eigenvalue weighted by Crippen LogP contribution is 2.20. The van der Waals surface area contributed by atoms with E-state index in [1.54, 1.807) is 30.3 Å². The van der Waals surface area contributed by atoms with Crippen molar-refractivity contribution in [3.63, 3.8) is 0 Å². The lowest BCUT2D eigenvalue weighted by atomic mass is 10.2. The van der Waals surface area contributed by atoms with Gasteiger partial charge >= 0.3 is 0 Å². The van der Waals surface area contributed by atoms with Crippen molar-refractivity contribution in [3.8, 4) is 0 Å². The van der Waals surface area contributed by atoms with E-state index in [1.165, 1.54) is 0 Å². The van der Waals surface area contributed by atoms with Gasteiger partial charge in [-0.05, 0) is 49.7 Å². The van der Waals surface area contributed by atoms with Gasteiger partial charge in [0, 0.05) is 5.69 Å². The fraction of sp³-hybridized carbons (Fsp3) is 0.133. The maximum atomic E-state index is 12.4. The molecule has 3 rings (SSSR count). The van der Waals surface area contributed by atoms with E-state index in [0.717, 1.165) is 16.9 Å². The Balaban J connectivity index is 1.99. The molecule has 0 saturated heterocycles. The van der Waals surface area contributed by atoms with E-state index in [-0.39, 0.29) is 4.90 Å². The zero-order valence-corrected chi connectivity index (χ0v) is 12.5. The number of benzene rings is 2. The number of H-pyrrole nitrogens is 1. The Morgan fingerprint density at radius 2 is 1.90 bits per heavy atom. The molecule has 0 fully saturated rings. The standard InChI is InChI=1S/C15H15N3O2S/c1-10-4-3-5-12(8-10)18-21(19,20)13-6-7-14-15(9-13)17-11(2)16-14/h3-9,18H,1-2H3,(H,16,17). The van der Waals surface area contributed by atoms with Crippen molar-refractivity contribution >= 4 is 26.7 Å². The molecule has 0 atom stereocenters. The third-order valence-corrected chi connectivity index (χ3v) is 4.53. The van der Waals surface area contributed by atoms with Crippen LogP contribution in [0.3, 0.4) is 0 Å². The number of rotatable bonds is 3. The van der Waals surface area contributed by atoms with Crippen LogP contribution in [0.15, 0.2) is 47.4 Å². The second kappa shape index (κ2) is 4.89. The summed E-state index contributed by atoms with van der Waals surface area (Å²) in [5.41, 5.74) is 3.01. The zero-order valence-electron chi connectivity index (χ0n) is 11.7. The molecule has 2 aromatic carbocycles. The minimum Gasteiger partial charge on any atom is -0.342 e. The van der Waals surface area contributed by atoms with Crippen LogP contribution in [0.25, 0.3) is 11.0 Å². The van der Waals surface area contributed by atoms with Crippen LogP contribution in [0.2, 0.25) is 0 Å². The molecule has 0 aliphatic carbocycles. The molecular weight excluding hydrogens is 286 g/mol. The predicted molar refractivity (Wildman–Crippen MR) is 82.8 cm³/mol. The fourth-order valence-corrected chi connectivity index (χ4v) is 3.28. The van der Waals surface area contributed by atoms with Crippen LogP contribution in [-0.4, -0.2) is 18.4 Å². The summed E-state index contributed by atoms with van der Waals surface area (Å²) in [7, 11) is -3.61. The van der Waals surface area contributed by atoms with E-state index >= 15 is 0 Å². The number of hydrogen-bond acceptors (Lipinski definition) is 3. The Morgan fingerprint density at radius 3 is 2.67 bits per heavy atom. The van der Waals surface area contributed by atoms with Crippen LogP contribution in [0.4, 0.5) is 5.69 Å². The summed E-state index contributed by atoms with van der Waals surface area (Å²) in [5, 5.41) is 0. The quantitative estimate of drug-likeness (QED) is 0.781. The predicted octanol–water partition coefficient (Wildman–Crippen LogP) is 2.98. The number of imidazole rings is 1. The number of anilines is 1. The molecule has 0 radical (unpaired) electrons. The van der Waals surface area contributed by atoms with Crippen molar-refractivity contribution in [2.45, 2.75) is 18.7 Å². The Hall–Kier alpha value is -2.34. The molecule has 3 aromatic rings. The number of fused-ring (bicyclic) bond motifs is 1. The SMILES string of the molecule is Cc1cccc(NS(=O)(=O)c2ccc3nc(C)[nH]c3c2)c1. The van der Waals surface area contributed by atoms with E-state index < -0.39 is 10.0 Å². The van der Waals surface area contributed by atoms with Gasteiger partial charge in [-0.3, -0.25) is 4.72 Å². The molecule has 0 aliphatic heterocycles. The molecule has 21 heavy (non-hydrogen) atoms. The van der Waals surface area contributed by atoms with Crippen LogP contribution in [-0.2, 0) is 10.0 Å². The van der Waals surface area contributed by atoms with Gasteiger partial charge in [0.05, 0.1) is 15.9 Å². The first kappa shape index (κ1) is 13.6. The van der Waals surface area contributed by atoms with Crippen molar-refractivity contribution in [1.29, 1.82) is 0 Å². The molecule has 0 amide bonds. The lowest BCUT2D eigenvalue weighted by Crippen LogP contribution is -2.12. The Kier molecular flexibility index (Phi) is 3.17. The number of aromatic amines is 1. The first-order chi connectivity index (χ1) is 9.94. The molecular formula is C15H15N3O2S. The summed E-state index contributed by atoms with van der Waals surface area (Å²) in [6, 6.07) is 12.1. The molecule has 5 nitrogen and oxygen atoms in total. The van der Waals surface area contributed by atoms with Gasteiger partial charge in [-0.15, -0.1) is 0 Å². The van der Waals surface area contributed by atoms with Gasteiger partial charge in [-0.25, -0.2) is 13.4 Å². The van der Waals surface area contributed by atoms with Crippen molar-refractivity contribution in [3.05, 3.63) is 53.9 Å². The summed E-state index contributed by atoms with van der Waals surface area (Å²) in [5.74, 6) is 0.756. The van der Waals surface area contributed by atoms with Gasteiger partial charge in [0.2, 0.25) is 0 Å². The molecule has 2 N–H and O–H groups in total. The highest BCUT2D eigenvalue weighted by atomic mass is 32.2. The Bertz CT molecular complexity index is 914. The summed E-state index contributed by atoms with van der Waals surface area (Å²) >= 11 is 0. The van der Waals surface area contributed by atoms with E-state index in [4.69, 9.17) is 0 Å². The third-order valence-electron chi connectivity index (χ3n) is 3.15. The summed E-state index contributed by atoms with van der Waals surface area (Å²) < 4.78 is 27.4. The molecule has 0 spiro atoms. The average molecular weight is 301 g/mol. The number of aryl methyl sites for hydroxylation is 2. The van der Waals surface area contributed by atoms with E-state index in [9.17, 15) is 8.42 Å². The van der Waals surface area contributed by atoms with Crippen molar-refractivity contribution in [1.82, 2.24) is 9.97 Å². The number of nitrogens with one attached hydrogen (secondary N) is 2. The maximum absolute atomic E-state index is 12.4. The topological polar surface area (TPSA) is 74.8 Å². The molecule has 1 aromatic heterocycles. The number of hydrogen-bond donors (Lipinski definition) is 2. The molecule has 0 aliphatic rings. The van der Waals surface area contributed by atoms with E-state index in [0.29, 0.717) is 11.2 Å². The Labute approximate surface area is 123 Å². The van der Waals surface area contributed by atoms with E-state index in [2.05, 4.69) is 14.7 Å². The lowest BCUT2D eigenvalue weighted by Gasteiger charge is -2.08. The maximum Gasteiger partial charge on any atom is 0.261 e. The van der Waals surface area contributed by atoms with Crippen LogP contribution in [0.5, 0.6) is 0 Å². The molecule has 0 saturated carbocycles. The Morgan fingerprint density at radius 1 is 1.10 bits per heavy atom. The van der Waals surface area contributed by atoms with Gasteiger partial charge in [0.15, 0.2) is 0 Å². The second-order valence-corrected chi connectivity index (χ2v) is 6.66. The highest BCUT2D eigenvalue weighted by Gasteiger charge is 2.15. The molecule has 0 bridgehead atoms. The van der Waals surface area contributed by atoms with Crippen LogP contribution < -0.4 is 4.72 Å². The van der Waals surface area contributed by atoms with Gasteiger partial charge in [-0.2, -0.15) is 0 Å². The smallest absolute Gasteiger partial charge is 0.261 e. The molecule has 0 unspecified atom stereocenters. The summed E-state index contributed by atoms with van der Waals surface area (Å²) in [4.78, 5) is 7.51. The van der Waals surface area contributed by atoms with Crippen LogP contribution in [0.1, 0.15) is 11.4 Å². The monoisotopic (exact) mass is 301 g/mol. The van der Waals surface area contributed by atoms with Gasteiger partial charge in [-0.1, -0.05) is 12.1 Å². The molecule has 6 heteroatoms. The fourth-order valence-electron chi connectivity index (χ4n) is 2.21. The molecule has 108 valence electrons. The van der Waals surface area contributed by atoms with E-state index in [1.807, 2.05) is 26.0 Å². The lowest BCUT2D eigenvalue weighted by molar-refractivity contribution is 0.601. The average Bonchev–Trinajstić information content (AvgIpc) is 2.77. The molecule has 1 heterocycles. The van der Waals surface area contributed by atoms with Crippen LogP contribution >= 0.6 is 0 Å². The zero-order chi connectivity index (χ0) is 15.0. The number of aromatic nitrogens is 2.